The Morgan fingerprint density at radius 2 is 2.21 bits per heavy atom. The molecule has 0 radical (unpaired) electrons. The number of thiophene rings is 1. The van der Waals surface area contributed by atoms with Crippen molar-refractivity contribution in [1.29, 1.82) is 0 Å². The number of esters is 1. The van der Waals surface area contributed by atoms with Crippen LogP contribution in [0.1, 0.15) is 22.5 Å². The number of halogens is 3. The van der Waals surface area contributed by atoms with Crippen LogP contribution in [0.3, 0.4) is 0 Å². The van der Waals surface area contributed by atoms with Crippen molar-refractivity contribution in [2.75, 3.05) is 6.61 Å². The van der Waals surface area contributed by atoms with Gasteiger partial charge in [-0.25, -0.2) is 4.79 Å². The van der Waals surface area contributed by atoms with E-state index < -0.39 is 18.0 Å². The molecular formula is C10H7F3N2O3S. The zero-order valence-corrected chi connectivity index (χ0v) is 10.3. The lowest BCUT2D eigenvalue weighted by atomic mass is 10.4. The van der Waals surface area contributed by atoms with Gasteiger partial charge in [0.2, 0.25) is 5.82 Å². The maximum atomic E-state index is 12.3. The molecule has 0 aromatic carbocycles. The first-order valence-electron chi connectivity index (χ1n) is 5.10. The Kier molecular flexibility index (Phi) is 3.56. The Hall–Kier alpha value is -1.90. The number of rotatable bonds is 3. The van der Waals surface area contributed by atoms with Gasteiger partial charge < -0.3 is 9.26 Å². The van der Waals surface area contributed by atoms with E-state index in [1.54, 1.807) is 6.92 Å². The van der Waals surface area contributed by atoms with Gasteiger partial charge in [0, 0.05) is 0 Å². The van der Waals surface area contributed by atoms with Gasteiger partial charge in [-0.15, -0.1) is 11.3 Å². The van der Waals surface area contributed by atoms with Crippen molar-refractivity contribution >= 4 is 17.3 Å². The second-order valence-corrected chi connectivity index (χ2v) is 4.39. The Balaban J connectivity index is 2.23. The molecule has 2 aromatic heterocycles. The molecule has 0 saturated heterocycles. The van der Waals surface area contributed by atoms with Crippen LogP contribution < -0.4 is 0 Å². The monoisotopic (exact) mass is 292 g/mol. The van der Waals surface area contributed by atoms with Gasteiger partial charge >= 0.3 is 18.0 Å². The summed E-state index contributed by atoms with van der Waals surface area (Å²) in [6, 6.07) is 2.86. The summed E-state index contributed by atoms with van der Waals surface area (Å²) >= 11 is 0.931. The second kappa shape index (κ2) is 5.00. The van der Waals surface area contributed by atoms with Crippen LogP contribution in [0.4, 0.5) is 13.2 Å². The van der Waals surface area contributed by atoms with Crippen LogP contribution in [0.2, 0.25) is 0 Å². The predicted octanol–water partition coefficient (Wildman–Crippen LogP) is 2.99. The van der Waals surface area contributed by atoms with Crippen molar-refractivity contribution in [3.05, 3.63) is 22.9 Å². The number of nitrogens with zero attached hydrogens (tertiary/aromatic N) is 2. The third-order valence-electron chi connectivity index (χ3n) is 1.97. The zero-order valence-electron chi connectivity index (χ0n) is 9.52. The average molecular weight is 292 g/mol. The molecule has 0 aliphatic heterocycles. The van der Waals surface area contributed by atoms with E-state index in [1.807, 2.05) is 0 Å². The highest BCUT2D eigenvalue weighted by Gasteiger charge is 2.38. The third-order valence-corrected chi connectivity index (χ3v) is 3.03. The first-order valence-corrected chi connectivity index (χ1v) is 5.91. The van der Waals surface area contributed by atoms with Crippen LogP contribution in [-0.2, 0) is 10.9 Å². The van der Waals surface area contributed by atoms with Gasteiger partial charge in [-0.3, -0.25) is 0 Å². The minimum Gasteiger partial charge on any atom is -0.462 e. The lowest BCUT2D eigenvalue weighted by molar-refractivity contribution is -0.159. The van der Waals surface area contributed by atoms with Crippen LogP contribution in [0.25, 0.3) is 10.7 Å². The molecule has 0 saturated carbocycles. The molecule has 0 spiro atoms. The molecule has 5 nitrogen and oxygen atoms in total. The van der Waals surface area contributed by atoms with Crippen LogP contribution in [0.5, 0.6) is 0 Å². The fourth-order valence-corrected chi connectivity index (χ4v) is 2.03. The van der Waals surface area contributed by atoms with Gasteiger partial charge in [-0.1, -0.05) is 5.16 Å². The topological polar surface area (TPSA) is 65.2 Å². The summed E-state index contributed by atoms with van der Waals surface area (Å²) < 4.78 is 45.7. The average Bonchev–Trinajstić information content (AvgIpc) is 2.97. The molecule has 19 heavy (non-hydrogen) atoms. The Labute approximate surface area is 109 Å². The predicted molar refractivity (Wildman–Crippen MR) is 58.6 cm³/mol. The number of hydrogen-bond donors (Lipinski definition) is 0. The standard InChI is InChI=1S/C10H7F3N2O3S/c1-2-17-8(16)6-4-3-5(19-6)7-14-9(18-15-7)10(11,12)13/h3-4H,2H2,1H3. The van der Waals surface area contributed by atoms with Crippen LogP contribution >= 0.6 is 11.3 Å². The molecule has 2 heterocycles. The molecule has 0 atom stereocenters. The minimum atomic E-state index is -4.69. The van der Waals surface area contributed by atoms with Gasteiger partial charge in [0.1, 0.15) is 4.88 Å². The quantitative estimate of drug-likeness (QED) is 0.814. The van der Waals surface area contributed by atoms with Gasteiger partial charge in [-0.05, 0) is 19.1 Å². The summed E-state index contributed by atoms with van der Waals surface area (Å²) in [6.45, 7) is 1.87. The smallest absolute Gasteiger partial charge is 0.462 e. The highest BCUT2D eigenvalue weighted by atomic mass is 32.1. The molecule has 0 amide bonds. The molecule has 102 valence electrons. The maximum Gasteiger partial charge on any atom is 0.471 e. The zero-order chi connectivity index (χ0) is 14.0. The second-order valence-electron chi connectivity index (χ2n) is 3.31. The van der Waals surface area contributed by atoms with Gasteiger partial charge in [0.15, 0.2) is 0 Å². The molecule has 0 N–H and O–H groups in total. The van der Waals surface area contributed by atoms with Crippen molar-refractivity contribution in [3.8, 4) is 10.7 Å². The number of carbonyl (C=O) groups is 1. The van der Waals surface area contributed by atoms with Gasteiger partial charge in [0.25, 0.3) is 0 Å². The first kappa shape index (κ1) is 13.5. The van der Waals surface area contributed by atoms with Crippen molar-refractivity contribution < 1.29 is 27.2 Å². The molecular weight excluding hydrogens is 285 g/mol. The van der Waals surface area contributed by atoms with E-state index in [4.69, 9.17) is 4.74 Å². The van der Waals surface area contributed by atoms with E-state index >= 15 is 0 Å². The van der Waals surface area contributed by atoms with Crippen LogP contribution in [0.15, 0.2) is 16.7 Å². The van der Waals surface area contributed by atoms with Crippen molar-refractivity contribution in [2.45, 2.75) is 13.1 Å². The Morgan fingerprint density at radius 3 is 2.79 bits per heavy atom. The van der Waals surface area contributed by atoms with Crippen molar-refractivity contribution in [2.24, 2.45) is 0 Å². The Bertz CT molecular complexity index is 591. The summed E-state index contributed by atoms with van der Waals surface area (Å²) in [5.41, 5.74) is 0. The van der Waals surface area contributed by atoms with Gasteiger partial charge in [0.05, 0.1) is 11.5 Å². The highest BCUT2D eigenvalue weighted by Crippen LogP contribution is 2.31. The molecule has 0 fully saturated rings. The molecule has 0 aliphatic rings. The number of hydrogen-bond acceptors (Lipinski definition) is 6. The van der Waals surface area contributed by atoms with E-state index in [0.717, 1.165) is 11.3 Å². The summed E-state index contributed by atoms with van der Waals surface area (Å²) in [5.74, 6) is -2.18. The lowest BCUT2D eigenvalue weighted by Crippen LogP contribution is -2.04. The lowest BCUT2D eigenvalue weighted by Gasteiger charge is -1.96. The van der Waals surface area contributed by atoms with Gasteiger partial charge in [-0.2, -0.15) is 18.2 Å². The van der Waals surface area contributed by atoms with E-state index in [0.29, 0.717) is 4.88 Å². The van der Waals surface area contributed by atoms with E-state index in [-0.39, 0.29) is 17.3 Å². The van der Waals surface area contributed by atoms with Crippen LogP contribution in [0, 0.1) is 0 Å². The van der Waals surface area contributed by atoms with E-state index in [9.17, 15) is 18.0 Å². The molecule has 0 bridgehead atoms. The van der Waals surface area contributed by atoms with Crippen molar-refractivity contribution in [1.82, 2.24) is 10.1 Å². The molecule has 9 heteroatoms. The SMILES string of the molecule is CCOC(=O)c1ccc(-c2noc(C(F)(F)F)n2)s1. The molecule has 2 aromatic rings. The third kappa shape index (κ3) is 2.92. The summed E-state index contributed by atoms with van der Waals surface area (Å²) in [4.78, 5) is 15.2. The van der Waals surface area contributed by atoms with Crippen molar-refractivity contribution in [3.63, 3.8) is 0 Å². The summed E-state index contributed by atoms with van der Waals surface area (Å²) in [5, 5.41) is 3.22. The molecule has 2 rings (SSSR count). The largest absolute Gasteiger partial charge is 0.471 e. The van der Waals surface area contributed by atoms with Crippen LogP contribution in [-0.4, -0.2) is 22.7 Å². The van der Waals surface area contributed by atoms with E-state index in [1.165, 1.54) is 12.1 Å². The Morgan fingerprint density at radius 1 is 1.47 bits per heavy atom. The number of alkyl halides is 3. The normalized spacial score (nSPS) is 11.6. The summed E-state index contributed by atoms with van der Waals surface area (Å²) in [6.07, 6.45) is -4.69. The fourth-order valence-electron chi connectivity index (χ4n) is 1.21. The summed E-state index contributed by atoms with van der Waals surface area (Å²) in [7, 11) is 0. The molecule has 0 unspecified atom stereocenters. The molecule has 0 aliphatic carbocycles. The first-order chi connectivity index (χ1) is 8.91. The van der Waals surface area contributed by atoms with E-state index in [2.05, 4.69) is 14.7 Å². The highest BCUT2D eigenvalue weighted by molar-refractivity contribution is 7.17. The minimum absolute atomic E-state index is 0.215. The number of carbonyl (C=O) groups excluding carboxylic acids is 1. The number of aromatic nitrogens is 2. The maximum absolute atomic E-state index is 12.3. The fraction of sp³-hybridized carbons (Fsp3) is 0.300. The number of ether oxygens (including phenoxy) is 1.